The molecule has 1 N–H and O–H groups in total. The van der Waals surface area contributed by atoms with Crippen LogP contribution in [0, 0.1) is 0 Å². The molecule has 0 unspecified atom stereocenters. The Morgan fingerprint density at radius 3 is 2.58 bits per heavy atom. The van der Waals surface area contributed by atoms with E-state index in [4.69, 9.17) is 0 Å². The maximum atomic E-state index is 12.8. The van der Waals surface area contributed by atoms with Gasteiger partial charge in [-0.25, -0.2) is 18.9 Å². The van der Waals surface area contributed by atoms with Crippen LogP contribution in [0.3, 0.4) is 0 Å². The van der Waals surface area contributed by atoms with E-state index in [-0.39, 0.29) is 30.1 Å². The molecule has 0 aliphatic carbocycles. The second-order valence-corrected chi connectivity index (χ2v) is 6.46. The Labute approximate surface area is 139 Å². The first-order valence-corrected chi connectivity index (χ1v) is 8.06. The molecule has 2 aromatic heterocycles. The lowest BCUT2D eigenvalue weighted by molar-refractivity contribution is -0.122. The highest BCUT2D eigenvalue weighted by Crippen LogP contribution is 2.20. The smallest absolute Gasteiger partial charge is 0.352 e. The van der Waals surface area contributed by atoms with Gasteiger partial charge in [-0.15, -0.1) is 5.10 Å². The van der Waals surface area contributed by atoms with Crippen LogP contribution in [0.15, 0.2) is 29.1 Å². The van der Waals surface area contributed by atoms with Gasteiger partial charge in [-0.2, -0.15) is 0 Å². The van der Waals surface area contributed by atoms with Gasteiger partial charge in [0.1, 0.15) is 12.4 Å². The quantitative estimate of drug-likeness (QED) is 0.791. The number of hydrogen-bond donors (Lipinski definition) is 1. The number of hydrogen-bond acceptors (Lipinski definition) is 4. The van der Waals surface area contributed by atoms with Gasteiger partial charge < -0.3 is 5.32 Å². The van der Waals surface area contributed by atoms with Crippen LogP contribution in [-0.2, 0) is 11.3 Å². The molecular weight excluding hydrogens is 306 g/mol. The molecule has 0 saturated carbocycles. The lowest BCUT2D eigenvalue weighted by Gasteiger charge is -2.08. The number of carbonyl (C=O) groups excluding carboxylic acids is 1. The van der Waals surface area contributed by atoms with E-state index in [9.17, 15) is 9.59 Å². The Bertz CT molecular complexity index is 968. The van der Waals surface area contributed by atoms with Gasteiger partial charge in [0.25, 0.3) is 0 Å². The van der Waals surface area contributed by atoms with Crippen molar-refractivity contribution in [2.24, 2.45) is 0 Å². The van der Waals surface area contributed by atoms with Crippen LogP contribution < -0.4 is 11.0 Å². The Morgan fingerprint density at radius 2 is 1.92 bits per heavy atom. The molecule has 0 bridgehead atoms. The summed E-state index contributed by atoms with van der Waals surface area (Å²) in [7, 11) is 0. The third-order valence-corrected chi connectivity index (χ3v) is 3.71. The van der Waals surface area contributed by atoms with Crippen molar-refractivity contribution in [3.05, 3.63) is 40.6 Å². The predicted molar refractivity (Wildman–Crippen MR) is 92.1 cm³/mol. The number of amides is 1. The number of carbonyl (C=O) groups is 1. The summed E-state index contributed by atoms with van der Waals surface area (Å²) in [5.74, 6) is 0.458. The van der Waals surface area contributed by atoms with Crippen LogP contribution in [0.5, 0.6) is 0 Å². The maximum absolute atomic E-state index is 12.8. The van der Waals surface area contributed by atoms with Crippen LogP contribution in [0.2, 0.25) is 0 Å². The van der Waals surface area contributed by atoms with Crippen molar-refractivity contribution in [3.8, 4) is 0 Å². The van der Waals surface area contributed by atoms with Crippen molar-refractivity contribution in [1.29, 1.82) is 0 Å². The summed E-state index contributed by atoms with van der Waals surface area (Å²) in [5, 5.41) is 7.96. The summed E-state index contributed by atoms with van der Waals surface area (Å²) in [6.45, 7) is 7.60. The van der Waals surface area contributed by atoms with Crippen LogP contribution >= 0.6 is 0 Å². The molecule has 0 fully saturated rings. The normalized spacial score (nSPS) is 11.8. The summed E-state index contributed by atoms with van der Waals surface area (Å²) in [6.07, 6.45) is 0. The minimum atomic E-state index is -0.342. The fourth-order valence-corrected chi connectivity index (χ4v) is 2.72. The number of para-hydroxylation sites is 1. The zero-order valence-electron chi connectivity index (χ0n) is 14.3. The molecule has 0 atom stereocenters. The monoisotopic (exact) mass is 327 g/mol. The third-order valence-electron chi connectivity index (χ3n) is 3.71. The van der Waals surface area contributed by atoms with Gasteiger partial charge >= 0.3 is 5.69 Å². The molecule has 1 aromatic carbocycles. The van der Waals surface area contributed by atoms with E-state index in [1.165, 1.54) is 9.08 Å². The molecule has 3 rings (SSSR count). The summed E-state index contributed by atoms with van der Waals surface area (Å²) in [4.78, 5) is 29.4. The average molecular weight is 327 g/mol. The molecule has 126 valence electrons. The SMILES string of the molecule is CC(C)NC(=O)Cn1nc2c3ccccc3nc(C(C)C)n2c1=O. The van der Waals surface area contributed by atoms with Crippen molar-refractivity contribution < 1.29 is 4.79 Å². The Morgan fingerprint density at radius 1 is 1.21 bits per heavy atom. The highest BCUT2D eigenvalue weighted by atomic mass is 16.2. The van der Waals surface area contributed by atoms with Crippen LogP contribution in [0.4, 0.5) is 0 Å². The number of benzene rings is 1. The Balaban J connectivity index is 2.22. The van der Waals surface area contributed by atoms with E-state index < -0.39 is 0 Å². The van der Waals surface area contributed by atoms with Crippen molar-refractivity contribution in [2.45, 2.75) is 46.2 Å². The number of nitrogens with one attached hydrogen (secondary N) is 1. The molecule has 1 amide bonds. The van der Waals surface area contributed by atoms with Gasteiger partial charge in [0.2, 0.25) is 5.91 Å². The van der Waals surface area contributed by atoms with Crippen molar-refractivity contribution in [3.63, 3.8) is 0 Å². The number of fused-ring (bicyclic) bond motifs is 3. The van der Waals surface area contributed by atoms with Crippen molar-refractivity contribution >= 4 is 22.5 Å². The molecule has 7 heteroatoms. The lowest BCUT2D eigenvalue weighted by Crippen LogP contribution is -2.36. The number of rotatable bonds is 4. The molecule has 2 heterocycles. The van der Waals surface area contributed by atoms with Gasteiger partial charge in [0.05, 0.1) is 5.52 Å². The minimum Gasteiger partial charge on any atom is -0.352 e. The molecule has 0 saturated heterocycles. The topological polar surface area (TPSA) is 81.3 Å². The molecule has 24 heavy (non-hydrogen) atoms. The molecule has 0 aliphatic heterocycles. The minimum absolute atomic E-state index is 0.0129. The molecule has 0 aliphatic rings. The van der Waals surface area contributed by atoms with E-state index in [2.05, 4.69) is 15.4 Å². The highest BCUT2D eigenvalue weighted by molar-refractivity contribution is 5.91. The van der Waals surface area contributed by atoms with Crippen LogP contribution in [0.1, 0.15) is 39.4 Å². The number of nitrogens with zero attached hydrogens (tertiary/aromatic N) is 4. The van der Waals surface area contributed by atoms with Gasteiger partial charge in [0.15, 0.2) is 5.65 Å². The second-order valence-electron chi connectivity index (χ2n) is 6.46. The first kappa shape index (κ1) is 16.2. The fraction of sp³-hybridized carbons (Fsp3) is 0.412. The molecule has 7 nitrogen and oxygen atoms in total. The maximum Gasteiger partial charge on any atom is 0.352 e. The zero-order valence-corrected chi connectivity index (χ0v) is 14.3. The van der Waals surface area contributed by atoms with E-state index in [0.717, 1.165) is 10.9 Å². The fourth-order valence-electron chi connectivity index (χ4n) is 2.72. The highest BCUT2D eigenvalue weighted by Gasteiger charge is 2.18. The van der Waals surface area contributed by atoms with Crippen LogP contribution in [-0.4, -0.2) is 31.1 Å². The lowest BCUT2D eigenvalue weighted by atomic mass is 10.2. The summed E-state index contributed by atoms with van der Waals surface area (Å²) >= 11 is 0. The largest absolute Gasteiger partial charge is 0.352 e. The molecular formula is C17H21N5O2. The van der Waals surface area contributed by atoms with Crippen molar-refractivity contribution in [2.75, 3.05) is 0 Å². The van der Waals surface area contributed by atoms with Crippen LogP contribution in [0.25, 0.3) is 16.6 Å². The summed E-state index contributed by atoms with van der Waals surface area (Å²) in [6, 6.07) is 7.58. The van der Waals surface area contributed by atoms with E-state index in [1.807, 2.05) is 52.0 Å². The molecule has 0 radical (unpaired) electrons. The predicted octanol–water partition coefficient (Wildman–Crippen LogP) is 1.69. The summed E-state index contributed by atoms with van der Waals surface area (Å²) in [5.41, 5.74) is 0.981. The standard InChI is InChI=1S/C17H21N5O2/c1-10(2)15-19-13-8-6-5-7-12(13)16-20-21(17(24)22(15)16)9-14(23)18-11(3)4/h5-8,10-11H,9H2,1-4H3,(H,18,23). The molecule has 3 aromatic rings. The third kappa shape index (κ3) is 2.77. The number of aromatic nitrogens is 4. The van der Waals surface area contributed by atoms with Gasteiger partial charge in [-0.05, 0) is 26.0 Å². The average Bonchev–Trinajstić information content (AvgIpc) is 2.83. The molecule has 0 spiro atoms. The van der Waals surface area contributed by atoms with Gasteiger partial charge in [-0.3, -0.25) is 4.79 Å². The van der Waals surface area contributed by atoms with E-state index in [0.29, 0.717) is 11.5 Å². The zero-order chi connectivity index (χ0) is 17.4. The second kappa shape index (κ2) is 6.07. The van der Waals surface area contributed by atoms with E-state index >= 15 is 0 Å². The first-order valence-electron chi connectivity index (χ1n) is 8.06. The first-order chi connectivity index (χ1) is 11.4. The Hall–Kier alpha value is -2.70. The van der Waals surface area contributed by atoms with E-state index in [1.54, 1.807) is 0 Å². The Kier molecular flexibility index (Phi) is 4.09. The van der Waals surface area contributed by atoms with Gasteiger partial charge in [0, 0.05) is 17.3 Å². The van der Waals surface area contributed by atoms with Gasteiger partial charge in [-0.1, -0.05) is 26.0 Å². The summed E-state index contributed by atoms with van der Waals surface area (Å²) < 4.78 is 2.71. The van der Waals surface area contributed by atoms with Crippen molar-refractivity contribution in [1.82, 2.24) is 24.5 Å².